The van der Waals surface area contributed by atoms with Crippen LogP contribution >= 0.6 is 0 Å². The van der Waals surface area contributed by atoms with Crippen molar-refractivity contribution in [3.05, 3.63) is 43.1 Å². The summed E-state index contributed by atoms with van der Waals surface area (Å²) < 4.78 is 31.6. The van der Waals surface area contributed by atoms with E-state index in [9.17, 15) is 8.42 Å². The van der Waals surface area contributed by atoms with Crippen LogP contribution in [0.15, 0.2) is 52.4 Å². The van der Waals surface area contributed by atoms with Crippen molar-refractivity contribution in [3.63, 3.8) is 0 Å². The van der Waals surface area contributed by atoms with E-state index in [-0.39, 0.29) is 10.8 Å². The van der Waals surface area contributed by atoms with Crippen molar-refractivity contribution < 1.29 is 12.8 Å². The van der Waals surface area contributed by atoms with Crippen LogP contribution in [0.3, 0.4) is 0 Å². The van der Waals surface area contributed by atoms with Gasteiger partial charge >= 0.3 is 0 Å². The third kappa shape index (κ3) is 2.25. The average Bonchev–Trinajstić information content (AvgIpc) is 2.86. The summed E-state index contributed by atoms with van der Waals surface area (Å²) >= 11 is 0. The molecule has 8 heteroatoms. The molecule has 0 unspecified atom stereocenters. The third-order valence-corrected chi connectivity index (χ3v) is 3.73. The number of oxazole rings is 1. The Bertz CT molecular complexity index is 814. The van der Waals surface area contributed by atoms with E-state index in [0.29, 0.717) is 11.1 Å². The maximum Gasteiger partial charge on any atom is 0.264 e. The molecule has 0 amide bonds. The molecule has 0 bridgehead atoms. The molecule has 7 nitrogen and oxygen atoms in total. The Morgan fingerprint density at radius 1 is 1.11 bits per heavy atom. The number of rotatable bonds is 3. The van der Waals surface area contributed by atoms with Crippen molar-refractivity contribution in [2.75, 3.05) is 4.72 Å². The van der Waals surface area contributed by atoms with Crippen LogP contribution in [-0.2, 0) is 10.0 Å². The highest BCUT2D eigenvalue weighted by Crippen LogP contribution is 2.19. The lowest BCUT2D eigenvalue weighted by Crippen LogP contribution is -2.14. The highest BCUT2D eigenvalue weighted by molar-refractivity contribution is 7.92. The third-order valence-electron chi connectivity index (χ3n) is 2.40. The number of hydrogen-bond donors (Lipinski definition) is 1. The van der Waals surface area contributed by atoms with E-state index >= 15 is 0 Å². The summed E-state index contributed by atoms with van der Waals surface area (Å²) in [5.41, 5.74) is 0.992. The monoisotopic (exact) mass is 276 g/mol. The fraction of sp³-hybridized carbons (Fsp3) is 0. The van der Waals surface area contributed by atoms with Crippen molar-refractivity contribution in [2.24, 2.45) is 0 Å². The second-order valence-corrected chi connectivity index (χ2v) is 5.34. The van der Waals surface area contributed by atoms with Crippen molar-refractivity contribution >= 4 is 27.1 Å². The standard InChI is InChI=1S/C11H8N4O3S/c16-19(17,15-11-12-4-1-5-13-11)8-2-3-9-10(6-8)18-7-14-9/h1-7H,(H,12,13,15). The van der Waals surface area contributed by atoms with Crippen LogP contribution in [-0.4, -0.2) is 23.4 Å². The van der Waals surface area contributed by atoms with Crippen LogP contribution in [0.2, 0.25) is 0 Å². The molecular weight excluding hydrogens is 268 g/mol. The Balaban J connectivity index is 1.99. The molecule has 0 spiro atoms. The zero-order valence-electron chi connectivity index (χ0n) is 9.52. The van der Waals surface area contributed by atoms with Crippen LogP contribution in [0.4, 0.5) is 5.95 Å². The van der Waals surface area contributed by atoms with Gasteiger partial charge in [-0.1, -0.05) is 0 Å². The number of fused-ring (bicyclic) bond motifs is 1. The molecule has 0 aliphatic heterocycles. The maximum absolute atomic E-state index is 12.1. The van der Waals surface area contributed by atoms with Crippen LogP contribution in [0.5, 0.6) is 0 Å². The Morgan fingerprint density at radius 3 is 2.68 bits per heavy atom. The first-order valence-corrected chi connectivity index (χ1v) is 6.76. The van der Waals surface area contributed by atoms with Gasteiger partial charge in [-0.2, -0.15) is 0 Å². The smallest absolute Gasteiger partial charge is 0.264 e. The minimum atomic E-state index is -3.75. The second kappa shape index (κ2) is 4.32. The largest absolute Gasteiger partial charge is 0.443 e. The number of sulfonamides is 1. The molecule has 0 aliphatic rings. The lowest BCUT2D eigenvalue weighted by molar-refractivity contribution is 0.594. The first-order chi connectivity index (χ1) is 9.15. The summed E-state index contributed by atoms with van der Waals surface area (Å²) in [5.74, 6) is 0.0140. The zero-order chi connectivity index (χ0) is 13.3. The van der Waals surface area contributed by atoms with Gasteiger partial charge in [0.2, 0.25) is 5.95 Å². The molecule has 0 radical (unpaired) electrons. The molecule has 0 saturated carbocycles. The summed E-state index contributed by atoms with van der Waals surface area (Å²) in [5, 5.41) is 0. The maximum atomic E-state index is 12.1. The van der Waals surface area contributed by atoms with Gasteiger partial charge in [0.05, 0.1) is 4.90 Å². The lowest BCUT2D eigenvalue weighted by atomic mass is 10.3. The van der Waals surface area contributed by atoms with Crippen molar-refractivity contribution in [1.82, 2.24) is 15.0 Å². The molecular formula is C11H8N4O3S. The molecule has 1 aromatic carbocycles. The molecule has 1 N–H and O–H groups in total. The molecule has 19 heavy (non-hydrogen) atoms. The molecule has 96 valence electrons. The average molecular weight is 276 g/mol. The highest BCUT2D eigenvalue weighted by Gasteiger charge is 2.16. The molecule has 2 aromatic heterocycles. The van der Waals surface area contributed by atoms with Crippen LogP contribution in [0.25, 0.3) is 11.1 Å². The first kappa shape index (κ1) is 11.6. The second-order valence-electron chi connectivity index (χ2n) is 3.66. The van der Waals surface area contributed by atoms with E-state index in [0.717, 1.165) is 0 Å². The van der Waals surface area contributed by atoms with Gasteiger partial charge in [-0.25, -0.2) is 28.1 Å². The van der Waals surface area contributed by atoms with E-state index in [1.165, 1.54) is 30.9 Å². The Morgan fingerprint density at radius 2 is 1.89 bits per heavy atom. The molecule has 2 heterocycles. The van der Waals surface area contributed by atoms with Gasteiger partial charge in [0.25, 0.3) is 10.0 Å². The summed E-state index contributed by atoms with van der Waals surface area (Å²) in [7, 11) is -3.75. The number of nitrogens with one attached hydrogen (secondary N) is 1. The molecule has 3 rings (SSSR count). The van der Waals surface area contributed by atoms with Gasteiger partial charge in [-0.15, -0.1) is 0 Å². The topological polar surface area (TPSA) is 98.0 Å². The number of aromatic nitrogens is 3. The summed E-state index contributed by atoms with van der Waals surface area (Å²) in [6.07, 6.45) is 4.16. The van der Waals surface area contributed by atoms with E-state index in [1.807, 2.05) is 0 Å². The van der Waals surface area contributed by atoms with Crippen LogP contribution in [0.1, 0.15) is 0 Å². The number of anilines is 1. The van der Waals surface area contributed by atoms with Crippen molar-refractivity contribution in [2.45, 2.75) is 4.90 Å². The van der Waals surface area contributed by atoms with E-state index in [4.69, 9.17) is 4.42 Å². The molecule has 0 aliphatic carbocycles. The molecule has 0 saturated heterocycles. The summed E-state index contributed by atoms with van der Waals surface area (Å²) in [6, 6.07) is 6.00. The highest BCUT2D eigenvalue weighted by atomic mass is 32.2. The summed E-state index contributed by atoms with van der Waals surface area (Å²) in [4.78, 5) is 11.6. The Hall–Kier alpha value is -2.48. The Kier molecular flexibility index (Phi) is 2.64. The van der Waals surface area contributed by atoms with Gasteiger partial charge in [0.1, 0.15) is 5.52 Å². The molecule has 0 atom stereocenters. The van der Waals surface area contributed by atoms with Crippen LogP contribution in [0, 0.1) is 0 Å². The van der Waals surface area contributed by atoms with Gasteiger partial charge in [-0.05, 0) is 18.2 Å². The number of hydrogen-bond acceptors (Lipinski definition) is 6. The van der Waals surface area contributed by atoms with Gasteiger partial charge in [-0.3, -0.25) is 0 Å². The van der Waals surface area contributed by atoms with Crippen molar-refractivity contribution in [3.8, 4) is 0 Å². The predicted octanol–water partition coefficient (Wildman–Crippen LogP) is 1.42. The van der Waals surface area contributed by atoms with E-state index in [2.05, 4.69) is 19.7 Å². The molecule has 3 aromatic rings. The lowest BCUT2D eigenvalue weighted by Gasteiger charge is -2.05. The molecule has 0 fully saturated rings. The van der Waals surface area contributed by atoms with Crippen LogP contribution < -0.4 is 4.72 Å². The van der Waals surface area contributed by atoms with Gasteiger partial charge < -0.3 is 4.42 Å². The van der Waals surface area contributed by atoms with E-state index in [1.54, 1.807) is 12.1 Å². The first-order valence-electron chi connectivity index (χ1n) is 5.28. The zero-order valence-corrected chi connectivity index (χ0v) is 10.3. The van der Waals surface area contributed by atoms with Gasteiger partial charge in [0.15, 0.2) is 12.0 Å². The Labute approximate surface area is 108 Å². The fourth-order valence-electron chi connectivity index (χ4n) is 1.53. The van der Waals surface area contributed by atoms with E-state index < -0.39 is 10.0 Å². The summed E-state index contributed by atoms with van der Waals surface area (Å²) in [6.45, 7) is 0. The SMILES string of the molecule is O=S(=O)(Nc1ncccn1)c1ccc2ncoc2c1. The van der Waals surface area contributed by atoms with Gasteiger partial charge in [0, 0.05) is 18.5 Å². The predicted molar refractivity (Wildman–Crippen MR) is 66.8 cm³/mol. The normalized spacial score (nSPS) is 11.6. The fourth-order valence-corrected chi connectivity index (χ4v) is 2.51. The number of nitrogens with zero attached hydrogens (tertiary/aromatic N) is 3. The quantitative estimate of drug-likeness (QED) is 0.776. The van der Waals surface area contributed by atoms with Crippen molar-refractivity contribution in [1.29, 1.82) is 0 Å². The number of benzene rings is 1. The minimum Gasteiger partial charge on any atom is -0.443 e. The minimum absolute atomic E-state index is 0.0140.